The van der Waals surface area contributed by atoms with Gasteiger partial charge in [0.25, 0.3) is 0 Å². The van der Waals surface area contributed by atoms with Crippen LogP contribution in [0, 0.1) is 5.92 Å². The van der Waals surface area contributed by atoms with E-state index >= 15 is 0 Å². The van der Waals surface area contributed by atoms with Gasteiger partial charge in [0, 0.05) is 13.2 Å². The normalized spacial score (nSPS) is 34.0. The number of rotatable bonds is 5. The predicted octanol–water partition coefficient (Wildman–Crippen LogP) is 2.97. The summed E-state index contributed by atoms with van der Waals surface area (Å²) in [6.45, 7) is 7.93. The molecule has 0 spiro atoms. The van der Waals surface area contributed by atoms with Crippen molar-refractivity contribution in [2.75, 3.05) is 13.7 Å². The summed E-state index contributed by atoms with van der Waals surface area (Å²) in [5, 5.41) is 3.58. The molecule has 1 aliphatic rings. The fourth-order valence-corrected chi connectivity index (χ4v) is 2.61. The van der Waals surface area contributed by atoms with Crippen LogP contribution in [0.3, 0.4) is 0 Å². The van der Waals surface area contributed by atoms with E-state index in [-0.39, 0.29) is 5.60 Å². The van der Waals surface area contributed by atoms with Crippen LogP contribution in [0.15, 0.2) is 0 Å². The number of methoxy groups -OCH3 is 1. The van der Waals surface area contributed by atoms with Crippen LogP contribution >= 0.6 is 0 Å². The summed E-state index contributed by atoms with van der Waals surface area (Å²) in [5.41, 5.74) is 0.0989. The molecule has 0 radical (unpaired) electrons. The number of nitrogens with one attached hydrogen (secondary N) is 1. The molecular formula is C13H27NO. The first-order chi connectivity index (χ1) is 7.14. The largest absolute Gasteiger partial charge is 0.377 e. The Morgan fingerprint density at radius 2 is 2.00 bits per heavy atom. The van der Waals surface area contributed by atoms with E-state index in [0.29, 0.717) is 6.04 Å². The first-order valence-electron chi connectivity index (χ1n) is 6.43. The van der Waals surface area contributed by atoms with Crippen molar-refractivity contribution in [3.05, 3.63) is 0 Å². The summed E-state index contributed by atoms with van der Waals surface area (Å²) < 4.78 is 5.82. The molecule has 0 amide bonds. The fraction of sp³-hybridized carbons (Fsp3) is 1.00. The Labute approximate surface area is 94.8 Å². The van der Waals surface area contributed by atoms with Gasteiger partial charge in [0.05, 0.1) is 5.60 Å². The number of hydrogen-bond donors (Lipinski definition) is 1. The van der Waals surface area contributed by atoms with Crippen LogP contribution in [0.25, 0.3) is 0 Å². The van der Waals surface area contributed by atoms with Crippen molar-refractivity contribution in [1.82, 2.24) is 5.32 Å². The molecule has 15 heavy (non-hydrogen) atoms. The monoisotopic (exact) mass is 213 g/mol. The zero-order valence-electron chi connectivity index (χ0n) is 10.8. The topological polar surface area (TPSA) is 21.3 Å². The third-order valence-electron chi connectivity index (χ3n) is 4.02. The highest BCUT2D eigenvalue weighted by Gasteiger charge is 2.38. The predicted molar refractivity (Wildman–Crippen MR) is 65.1 cm³/mol. The van der Waals surface area contributed by atoms with Crippen molar-refractivity contribution in [3.63, 3.8) is 0 Å². The highest BCUT2D eigenvalue weighted by atomic mass is 16.5. The average molecular weight is 213 g/mol. The Balaban J connectivity index is 2.51. The molecule has 0 bridgehead atoms. The smallest absolute Gasteiger partial charge is 0.0828 e. The minimum atomic E-state index is 0.0989. The van der Waals surface area contributed by atoms with Gasteiger partial charge in [-0.3, -0.25) is 0 Å². The van der Waals surface area contributed by atoms with Crippen molar-refractivity contribution < 1.29 is 4.74 Å². The molecule has 1 fully saturated rings. The second kappa shape index (κ2) is 5.86. The summed E-state index contributed by atoms with van der Waals surface area (Å²) in [6.07, 6.45) is 6.24. The van der Waals surface area contributed by atoms with E-state index in [2.05, 4.69) is 26.1 Å². The molecule has 1 N–H and O–H groups in total. The highest BCUT2D eigenvalue weighted by Crippen LogP contribution is 2.36. The SMILES string of the molecule is CCCNC(C)C1(OC)CCC(C)CC1. The second-order valence-corrected chi connectivity index (χ2v) is 5.13. The standard InChI is InChI=1S/C13H27NO/c1-5-10-14-12(3)13(15-4)8-6-11(2)7-9-13/h11-12,14H,5-10H2,1-4H3. The lowest BCUT2D eigenvalue weighted by atomic mass is 9.75. The van der Waals surface area contributed by atoms with E-state index in [1.54, 1.807) is 0 Å². The van der Waals surface area contributed by atoms with Gasteiger partial charge in [-0.2, -0.15) is 0 Å². The van der Waals surface area contributed by atoms with E-state index in [1.807, 2.05) is 7.11 Å². The quantitative estimate of drug-likeness (QED) is 0.758. The molecule has 1 saturated carbocycles. The van der Waals surface area contributed by atoms with Crippen LogP contribution in [-0.2, 0) is 4.74 Å². The summed E-state index contributed by atoms with van der Waals surface area (Å²) in [4.78, 5) is 0. The van der Waals surface area contributed by atoms with Gasteiger partial charge in [0.2, 0.25) is 0 Å². The molecule has 2 nitrogen and oxygen atoms in total. The van der Waals surface area contributed by atoms with Crippen LogP contribution in [0.1, 0.15) is 52.9 Å². The summed E-state index contributed by atoms with van der Waals surface area (Å²) >= 11 is 0. The second-order valence-electron chi connectivity index (χ2n) is 5.13. The Morgan fingerprint density at radius 1 is 1.40 bits per heavy atom. The molecule has 0 aliphatic heterocycles. The van der Waals surface area contributed by atoms with Gasteiger partial charge in [-0.15, -0.1) is 0 Å². The minimum Gasteiger partial charge on any atom is -0.377 e. The first-order valence-corrected chi connectivity index (χ1v) is 6.43. The van der Waals surface area contributed by atoms with E-state index in [4.69, 9.17) is 4.74 Å². The fourth-order valence-electron chi connectivity index (χ4n) is 2.61. The van der Waals surface area contributed by atoms with Gasteiger partial charge in [-0.25, -0.2) is 0 Å². The zero-order valence-corrected chi connectivity index (χ0v) is 10.8. The lowest BCUT2D eigenvalue weighted by Crippen LogP contribution is -2.52. The van der Waals surface area contributed by atoms with E-state index in [1.165, 1.54) is 32.1 Å². The number of hydrogen-bond acceptors (Lipinski definition) is 2. The van der Waals surface area contributed by atoms with Crippen LogP contribution in [0.4, 0.5) is 0 Å². The van der Waals surface area contributed by atoms with Gasteiger partial charge >= 0.3 is 0 Å². The molecule has 0 heterocycles. The molecule has 0 aromatic carbocycles. The molecule has 1 atom stereocenters. The number of ether oxygens (including phenoxy) is 1. The molecule has 1 aliphatic carbocycles. The maximum atomic E-state index is 5.82. The molecule has 1 rings (SSSR count). The molecule has 1 unspecified atom stereocenters. The molecule has 0 aromatic heterocycles. The Kier molecular flexibility index (Phi) is 5.07. The molecule has 0 aromatic rings. The highest BCUT2D eigenvalue weighted by molar-refractivity contribution is 4.94. The van der Waals surface area contributed by atoms with E-state index < -0.39 is 0 Å². The van der Waals surface area contributed by atoms with Crippen LogP contribution in [-0.4, -0.2) is 25.3 Å². The third kappa shape index (κ3) is 3.18. The average Bonchev–Trinajstić information content (AvgIpc) is 2.27. The van der Waals surface area contributed by atoms with Crippen molar-refractivity contribution in [3.8, 4) is 0 Å². The molecule has 90 valence electrons. The summed E-state index contributed by atoms with van der Waals surface area (Å²) in [6, 6.07) is 0.481. The minimum absolute atomic E-state index is 0.0989. The maximum Gasteiger partial charge on any atom is 0.0828 e. The zero-order chi connectivity index (χ0) is 11.3. The van der Waals surface area contributed by atoms with Crippen LogP contribution in [0.5, 0.6) is 0 Å². The van der Waals surface area contributed by atoms with Gasteiger partial charge in [-0.05, 0) is 51.5 Å². The summed E-state index contributed by atoms with van der Waals surface area (Å²) in [7, 11) is 1.88. The van der Waals surface area contributed by atoms with Crippen molar-refractivity contribution in [2.24, 2.45) is 5.92 Å². The molecular weight excluding hydrogens is 186 g/mol. The van der Waals surface area contributed by atoms with Gasteiger partial charge in [0.1, 0.15) is 0 Å². The summed E-state index contributed by atoms with van der Waals surface area (Å²) in [5.74, 6) is 0.881. The lowest BCUT2D eigenvalue weighted by molar-refractivity contribution is -0.0703. The maximum absolute atomic E-state index is 5.82. The van der Waals surface area contributed by atoms with Gasteiger partial charge < -0.3 is 10.1 Å². The lowest BCUT2D eigenvalue weighted by Gasteiger charge is -2.43. The molecule has 0 saturated heterocycles. The van der Waals surface area contributed by atoms with Crippen molar-refractivity contribution >= 4 is 0 Å². The van der Waals surface area contributed by atoms with E-state index in [0.717, 1.165) is 12.5 Å². The Bertz CT molecular complexity index is 173. The van der Waals surface area contributed by atoms with E-state index in [9.17, 15) is 0 Å². The van der Waals surface area contributed by atoms with Crippen molar-refractivity contribution in [1.29, 1.82) is 0 Å². The van der Waals surface area contributed by atoms with Gasteiger partial charge in [0.15, 0.2) is 0 Å². The first kappa shape index (κ1) is 13.0. The molecule has 2 heteroatoms. The van der Waals surface area contributed by atoms with Gasteiger partial charge in [-0.1, -0.05) is 13.8 Å². The Morgan fingerprint density at radius 3 is 2.47 bits per heavy atom. The van der Waals surface area contributed by atoms with Crippen molar-refractivity contribution in [2.45, 2.75) is 64.5 Å². The van der Waals surface area contributed by atoms with Crippen LogP contribution < -0.4 is 5.32 Å². The third-order valence-corrected chi connectivity index (χ3v) is 4.02. The Hall–Kier alpha value is -0.0800. The van der Waals surface area contributed by atoms with Crippen LogP contribution in [0.2, 0.25) is 0 Å².